The van der Waals surface area contributed by atoms with E-state index in [1.54, 1.807) is 12.5 Å². The predicted octanol–water partition coefficient (Wildman–Crippen LogP) is 4.27. The summed E-state index contributed by atoms with van der Waals surface area (Å²) in [7, 11) is 0. The SMILES string of the molecule is Cc1occc1-c1nnc(SCC(=O)N[C@H]2CCCC[C@H]2C)n1Cc1ccco1. The van der Waals surface area contributed by atoms with Crippen LogP contribution in [-0.4, -0.2) is 32.5 Å². The molecule has 0 unspecified atom stereocenters. The molecular weight excluding hydrogens is 388 g/mol. The molecule has 2 atom stereocenters. The first kappa shape index (κ1) is 19.8. The number of furan rings is 2. The van der Waals surface area contributed by atoms with Crippen LogP contribution in [0.1, 0.15) is 44.1 Å². The Labute approximate surface area is 174 Å². The fourth-order valence-electron chi connectivity index (χ4n) is 3.82. The molecule has 0 aliphatic heterocycles. The molecule has 1 aliphatic carbocycles. The van der Waals surface area contributed by atoms with Crippen LogP contribution in [0.15, 0.2) is 44.7 Å². The Morgan fingerprint density at radius 1 is 1.24 bits per heavy atom. The van der Waals surface area contributed by atoms with E-state index in [9.17, 15) is 4.79 Å². The van der Waals surface area contributed by atoms with E-state index in [1.807, 2.05) is 29.7 Å². The van der Waals surface area contributed by atoms with Gasteiger partial charge in [-0.2, -0.15) is 0 Å². The van der Waals surface area contributed by atoms with E-state index in [0.717, 1.165) is 23.5 Å². The van der Waals surface area contributed by atoms with Gasteiger partial charge in [0.15, 0.2) is 11.0 Å². The van der Waals surface area contributed by atoms with E-state index in [0.29, 0.717) is 29.2 Å². The lowest BCUT2D eigenvalue weighted by Crippen LogP contribution is -2.41. The highest BCUT2D eigenvalue weighted by Gasteiger charge is 2.24. The number of hydrogen-bond donors (Lipinski definition) is 1. The molecule has 1 fully saturated rings. The molecule has 3 aromatic rings. The summed E-state index contributed by atoms with van der Waals surface area (Å²) in [5.74, 6) is 3.17. The van der Waals surface area contributed by atoms with Crippen molar-refractivity contribution in [2.24, 2.45) is 5.92 Å². The molecule has 7 nitrogen and oxygen atoms in total. The number of rotatable bonds is 7. The first-order chi connectivity index (χ1) is 14.1. The summed E-state index contributed by atoms with van der Waals surface area (Å²) in [6.07, 6.45) is 7.98. The van der Waals surface area contributed by atoms with E-state index >= 15 is 0 Å². The van der Waals surface area contributed by atoms with Crippen LogP contribution < -0.4 is 5.32 Å². The van der Waals surface area contributed by atoms with Gasteiger partial charge in [0.25, 0.3) is 0 Å². The summed E-state index contributed by atoms with van der Waals surface area (Å²) in [5, 5.41) is 12.6. The average molecular weight is 415 g/mol. The van der Waals surface area contributed by atoms with Gasteiger partial charge in [0, 0.05) is 6.04 Å². The monoisotopic (exact) mass is 414 g/mol. The average Bonchev–Trinajstić information content (AvgIpc) is 3.44. The third-order valence-corrected chi connectivity index (χ3v) is 6.47. The maximum atomic E-state index is 12.5. The summed E-state index contributed by atoms with van der Waals surface area (Å²) in [5.41, 5.74) is 0.886. The second-order valence-electron chi connectivity index (χ2n) is 7.59. The minimum absolute atomic E-state index is 0.0438. The van der Waals surface area contributed by atoms with Crippen molar-refractivity contribution in [2.75, 3.05) is 5.75 Å². The van der Waals surface area contributed by atoms with Crippen LogP contribution >= 0.6 is 11.8 Å². The number of thioether (sulfide) groups is 1. The summed E-state index contributed by atoms with van der Waals surface area (Å²) in [6.45, 7) is 4.60. The van der Waals surface area contributed by atoms with E-state index < -0.39 is 0 Å². The van der Waals surface area contributed by atoms with E-state index in [2.05, 4.69) is 22.4 Å². The number of aromatic nitrogens is 3. The van der Waals surface area contributed by atoms with Crippen LogP contribution in [0.4, 0.5) is 0 Å². The molecule has 1 saturated carbocycles. The zero-order valence-corrected chi connectivity index (χ0v) is 17.6. The second kappa shape index (κ2) is 8.90. The molecule has 0 radical (unpaired) electrons. The largest absolute Gasteiger partial charge is 0.469 e. The van der Waals surface area contributed by atoms with Crippen molar-refractivity contribution in [3.8, 4) is 11.4 Å². The van der Waals surface area contributed by atoms with Crippen LogP contribution in [0.25, 0.3) is 11.4 Å². The van der Waals surface area contributed by atoms with Gasteiger partial charge in [-0.1, -0.05) is 31.5 Å². The Morgan fingerprint density at radius 2 is 2.10 bits per heavy atom. The normalized spacial score (nSPS) is 19.4. The predicted molar refractivity (Wildman–Crippen MR) is 111 cm³/mol. The molecular formula is C21H26N4O3S. The number of carbonyl (C=O) groups is 1. The molecule has 0 saturated heterocycles. The smallest absolute Gasteiger partial charge is 0.230 e. The lowest BCUT2D eigenvalue weighted by atomic mass is 9.86. The van der Waals surface area contributed by atoms with Crippen molar-refractivity contribution >= 4 is 17.7 Å². The van der Waals surface area contributed by atoms with Crippen LogP contribution in [0, 0.1) is 12.8 Å². The van der Waals surface area contributed by atoms with E-state index in [1.165, 1.54) is 31.0 Å². The second-order valence-corrected chi connectivity index (χ2v) is 8.53. The van der Waals surface area contributed by atoms with Crippen molar-refractivity contribution in [2.45, 2.75) is 57.3 Å². The van der Waals surface area contributed by atoms with Gasteiger partial charge in [0.1, 0.15) is 11.5 Å². The quantitative estimate of drug-likeness (QED) is 0.581. The fraction of sp³-hybridized carbons (Fsp3) is 0.476. The molecule has 0 spiro atoms. The zero-order valence-electron chi connectivity index (χ0n) is 16.8. The maximum Gasteiger partial charge on any atom is 0.230 e. The molecule has 154 valence electrons. The lowest BCUT2D eigenvalue weighted by Gasteiger charge is -2.29. The standard InChI is InChI=1S/C21H26N4O3S/c1-14-6-3-4-8-18(14)22-19(26)13-29-21-24-23-20(17-9-11-27-15(17)2)25(21)12-16-7-5-10-28-16/h5,7,9-11,14,18H,3-4,6,8,12-13H2,1-2H3,(H,22,26)/t14-,18+/m1/s1. The molecule has 29 heavy (non-hydrogen) atoms. The van der Waals surface area contributed by atoms with Crippen LogP contribution in [0.5, 0.6) is 0 Å². The summed E-state index contributed by atoms with van der Waals surface area (Å²) in [6, 6.07) is 5.93. The Morgan fingerprint density at radius 3 is 2.83 bits per heavy atom. The molecule has 1 amide bonds. The fourth-order valence-corrected chi connectivity index (χ4v) is 4.57. The first-order valence-corrected chi connectivity index (χ1v) is 11.0. The van der Waals surface area contributed by atoms with Crippen molar-refractivity contribution in [3.05, 3.63) is 42.2 Å². The molecule has 1 aliphatic rings. The van der Waals surface area contributed by atoms with E-state index in [-0.39, 0.29) is 11.9 Å². The van der Waals surface area contributed by atoms with Gasteiger partial charge in [-0.05, 0) is 43.9 Å². The van der Waals surface area contributed by atoms with Gasteiger partial charge in [0.05, 0.1) is 30.4 Å². The van der Waals surface area contributed by atoms with Crippen molar-refractivity contribution in [3.63, 3.8) is 0 Å². The van der Waals surface area contributed by atoms with Crippen molar-refractivity contribution in [1.82, 2.24) is 20.1 Å². The van der Waals surface area contributed by atoms with Crippen LogP contribution in [-0.2, 0) is 11.3 Å². The van der Waals surface area contributed by atoms with Gasteiger partial charge in [-0.25, -0.2) is 0 Å². The van der Waals surface area contributed by atoms with Crippen LogP contribution in [0.3, 0.4) is 0 Å². The number of hydrogen-bond acceptors (Lipinski definition) is 6. The van der Waals surface area contributed by atoms with Crippen molar-refractivity contribution in [1.29, 1.82) is 0 Å². The topological polar surface area (TPSA) is 86.1 Å². The Balaban J connectivity index is 1.48. The van der Waals surface area contributed by atoms with Gasteiger partial charge < -0.3 is 14.2 Å². The molecule has 0 bridgehead atoms. The number of carbonyl (C=O) groups excluding carboxylic acids is 1. The summed E-state index contributed by atoms with van der Waals surface area (Å²) >= 11 is 1.40. The molecule has 3 heterocycles. The maximum absolute atomic E-state index is 12.5. The molecule has 0 aromatic carbocycles. The highest BCUT2D eigenvalue weighted by atomic mass is 32.2. The number of amides is 1. The number of nitrogens with zero attached hydrogens (tertiary/aromatic N) is 3. The minimum atomic E-state index is 0.0438. The van der Waals surface area contributed by atoms with Crippen molar-refractivity contribution < 1.29 is 13.6 Å². The Hall–Kier alpha value is -2.48. The molecule has 3 aromatic heterocycles. The highest BCUT2D eigenvalue weighted by Crippen LogP contribution is 2.28. The Kier molecular flexibility index (Phi) is 6.08. The molecule has 1 N–H and O–H groups in total. The Bertz CT molecular complexity index is 947. The minimum Gasteiger partial charge on any atom is -0.469 e. The molecule has 8 heteroatoms. The summed E-state index contributed by atoms with van der Waals surface area (Å²) in [4.78, 5) is 12.5. The van der Waals surface area contributed by atoms with Gasteiger partial charge >= 0.3 is 0 Å². The number of aryl methyl sites for hydroxylation is 1. The third-order valence-electron chi connectivity index (χ3n) is 5.50. The third kappa shape index (κ3) is 4.58. The zero-order chi connectivity index (χ0) is 20.2. The lowest BCUT2D eigenvalue weighted by molar-refractivity contribution is -0.119. The van der Waals surface area contributed by atoms with Gasteiger partial charge in [0.2, 0.25) is 5.91 Å². The summed E-state index contributed by atoms with van der Waals surface area (Å²) < 4.78 is 12.9. The molecule has 4 rings (SSSR count). The van der Waals surface area contributed by atoms with E-state index in [4.69, 9.17) is 8.83 Å². The van der Waals surface area contributed by atoms with Crippen LogP contribution in [0.2, 0.25) is 0 Å². The van der Waals surface area contributed by atoms with Gasteiger partial charge in [-0.15, -0.1) is 10.2 Å². The number of nitrogens with one attached hydrogen (secondary N) is 1. The first-order valence-electron chi connectivity index (χ1n) is 10.0. The van der Waals surface area contributed by atoms with Gasteiger partial charge in [-0.3, -0.25) is 9.36 Å². The highest BCUT2D eigenvalue weighted by molar-refractivity contribution is 7.99.